The van der Waals surface area contributed by atoms with Gasteiger partial charge in [0.25, 0.3) is 0 Å². The van der Waals surface area contributed by atoms with Gasteiger partial charge in [0, 0.05) is 25.7 Å². The van der Waals surface area contributed by atoms with Crippen LogP contribution in [0.15, 0.2) is 0 Å². The molecule has 12 heavy (non-hydrogen) atoms. The summed E-state index contributed by atoms with van der Waals surface area (Å²) in [5, 5.41) is 3.41. The van der Waals surface area contributed by atoms with Gasteiger partial charge >= 0.3 is 0 Å². The Morgan fingerprint density at radius 3 is 2.83 bits per heavy atom. The lowest BCUT2D eigenvalue weighted by atomic mass is 10.1. The molecule has 1 heterocycles. The van der Waals surface area contributed by atoms with E-state index in [1.165, 1.54) is 26.1 Å². The zero-order valence-electron chi connectivity index (χ0n) is 8.64. The summed E-state index contributed by atoms with van der Waals surface area (Å²) in [5.74, 6) is 0.840. The van der Waals surface area contributed by atoms with Gasteiger partial charge in [-0.1, -0.05) is 13.8 Å². The van der Waals surface area contributed by atoms with Crippen LogP contribution >= 0.6 is 0 Å². The van der Waals surface area contributed by atoms with Crippen molar-refractivity contribution in [1.29, 1.82) is 0 Å². The highest BCUT2D eigenvalue weighted by Gasteiger charge is 2.16. The van der Waals surface area contributed by atoms with Crippen LogP contribution in [0.1, 0.15) is 27.2 Å². The molecule has 1 atom stereocenters. The van der Waals surface area contributed by atoms with Gasteiger partial charge in [0.1, 0.15) is 0 Å². The van der Waals surface area contributed by atoms with Crippen molar-refractivity contribution in [2.24, 2.45) is 5.92 Å². The van der Waals surface area contributed by atoms with E-state index < -0.39 is 0 Å². The highest BCUT2D eigenvalue weighted by Crippen LogP contribution is 2.07. The number of rotatable bonds is 3. The number of nitrogens with zero attached hydrogens (tertiary/aromatic N) is 1. The zero-order chi connectivity index (χ0) is 8.97. The molecule has 2 nitrogen and oxygen atoms in total. The van der Waals surface area contributed by atoms with Crippen molar-refractivity contribution in [1.82, 2.24) is 10.2 Å². The monoisotopic (exact) mass is 170 g/mol. The molecule has 72 valence electrons. The molecule has 0 spiro atoms. The molecule has 1 fully saturated rings. The summed E-state index contributed by atoms with van der Waals surface area (Å²) in [6.45, 7) is 11.8. The van der Waals surface area contributed by atoms with Gasteiger partial charge in [-0.05, 0) is 25.8 Å². The minimum atomic E-state index is 0.734. The Kier molecular flexibility index (Phi) is 4.02. The second-order valence-corrected chi connectivity index (χ2v) is 4.27. The maximum absolute atomic E-state index is 3.41. The summed E-state index contributed by atoms with van der Waals surface area (Å²) in [5.41, 5.74) is 0. The molecule has 0 unspecified atom stereocenters. The van der Waals surface area contributed by atoms with E-state index in [0.717, 1.165) is 18.5 Å². The first kappa shape index (κ1) is 10.0. The fraction of sp³-hybridized carbons (Fsp3) is 1.00. The van der Waals surface area contributed by atoms with Crippen LogP contribution in [0, 0.1) is 5.92 Å². The highest BCUT2D eigenvalue weighted by molar-refractivity contribution is 4.75. The first-order valence-corrected chi connectivity index (χ1v) is 5.15. The third-order valence-corrected chi connectivity index (χ3v) is 2.63. The van der Waals surface area contributed by atoms with Gasteiger partial charge in [-0.2, -0.15) is 0 Å². The van der Waals surface area contributed by atoms with Crippen LogP contribution in [0.25, 0.3) is 0 Å². The molecule has 1 aliphatic heterocycles. The quantitative estimate of drug-likeness (QED) is 0.687. The average molecular weight is 170 g/mol. The number of piperazine rings is 1. The minimum Gasteiger partial charge on any atom is -0.314 e. The van der Waals surface area contributed by atoms with Gasteiger partial charge in [-0.15, -0.1) is 0 Å². The van der Waals surface area contributed by atoms with Crippen molar-refractivity contribution in [2.75, 3.05) is 26.2 Å². The Balaban J connectivity index is 2.20. The SMILES string of the molecule is CC(C)CCN1CCNC[C@@H]1C. The summed E-state index contributed by atoms with van der Waals surface area (Å²) < 4.78 is 0. The number of hydrogen-bond donors (Lipinski definition) is 1. The van der Waals surface area contributed by atoms with Crippen molar-refractivity contribution in [3.63, 3.8) is 0 Å². The van der Waals surface area contributed by atoms with Crippen LogP contribution in [0.3, 0.4) is 0 Å². The van der Waals surface area contributed by atoms with Crippen molar-refractivity contribution in [3.05, 3.63) is 0 Å². The third kappa shape index (κ3) is 3.11. The molecule has 0 aliphatic carbocycles. The molecule has 1 aliphatic rings. The molecule has 0 aromatic heterocycles. The van der Waals surface area contributed by atoms with E-state index in [9.17, 15) is 0 Å². The highest BCUT2D eigenvalue weighted by atomic mass is 15.2. The van der Waals surface area contributed by atoms with Gasteiger partial charge in [0.05, 0.1) is 0 Å². The van der Waals surface area contributed by atoms with E-state index in [2.05, 4.69) is 31.0 Å². The summed E-state index contributed by atoms with van der Waals surface area (Å²) >= 11 is 0. The molecule has 0 saturated carbocycles. The van der Waals surface area contributed by atoms with Crippen LogP contribution in [-0.2, 0) is 0 Å². The second kappa shape index (κ2) is 4.83. The Labute approximate surface area is 76.3 Å². The zero-order valence-corrected chi connectivity index (χ0v) is 8.64. The summed E-state index contributed by atoms with van der Waals surface area (Å²) in [4.78, 5) is 2.59. The van der Waals surface area contributed by atoms with E-state index >= 15 is 0 Å². The lowest BCUT2D eigenvalue weighted by molar-refractivity contribution is 0.165. The lowest BCUT2D eigenvalue weighted by Crippen LogP contribution is -2.50. The summed E-state index contributed by atoms with van der Waals surface area (Å²) in [6, 6.07) is 0.734. The van der Waals surface area contributed by atoms with Crippen LogP contribution in [0.5, 0.6) is 0 Å². The van der Waals surface area contributed by atoms with Gasteiger partial charge in [-0.25, -0.2) is 0 Å². The Morgan fingerprint density at radius 1 is 1.50 bits per heavy atom. The Bertz CT molecular complexity index is 123. The molecule has 1 rings (SSSR count). The molecule has 1 saturated heterocycles. The molecule has 0 amide bonds. The average Bonchev–Trinajstić information content (AvgIpc) is 2.03. The summed E-state index contributed by atoms with van der Waals surface area (Å²) in [7, 11) is 0. The van der Waals surface area contributed by atoms with Crippen molar-refractivity contribution in [3.8, 4) is 0 Å². The van der Waals surface area contributed by atoms with E-state index in [1.54, 1.807) is 0 Å². The predicted molar refractivity (Wildman–Crippen MR) is 53.4 cm³/mol. The van der Waals surface area contributed by atoms with Crippen molar-refractivity contribution in [2.45, 2.75) is 33.2 Å². The Morgan fingerprint density at radius 2 is 2.25 bits per heavy atom. The van der Waals surface area contributed by atoms with Crippen LogP contribution in [-0.4, -0.2) is 37.1 Å². The van der Waals surface area contributed by atoms with Crippen LogP contribution in [0.2, 0.25) is 0 Å². The van der Waals surface area contributed by atoms with Gasteiger partial charge < -0.3 is 5.32 Å². The molecule has 2 heteroatoms. The first-order valence-electron chi connectivity index (χ1n) is 5.15. The maximum Gasteiger partial charge on any atom is 0.0192 e. The topological polar surface area (TPSA) is 15.3 Å². The molecular formula is C10H22N2. The van der Waals surface area contributed by atoms with Gasteiger partial charge in [0.15, 0.2) is 0 Å². The van der Waals surface area contributed by atoms with Crippen molar-refractivity contribution >= 4 is 0 Å². The normalized spacial score (nSPS) is 26.5. The molecule has 0 aromatic rings. The molecule has 1 N–H and O–H groups in total. The van der Waals surface area contributed by atoms with Crippen molar-refractivity contribution < 1.29 is 0 Å². The van der Waals surface area contributed by atoms with E-state index in [1.807, 2.05) is 0 Å². The number of hydrogen-bond acceptors (Lipinski definition) is 2. The summed E-state index contributed by atoms with van der Waals surface area (Å²) in [6.07, 6.45) is 1.34. The van der Waals surface area contributed by atoms with E-state index in [4.69, 9.17) is 0 Å². The van der Waals surface area contributed by atoms with Gasteiger partial charge in [-0.3, -0.25) is 4.90 Å². The molecule has 0 bridgehead atoms. The largest absolute Gasteiger partial charge is 0.314 e. The van der Waals surface area contributed by atoms with E-state index in [-0.39, 0.29) is 0 Å². The standard InChI is InChI=1S/C10H22N2/c1-9(2)4-6-12-7-5-11-8-10(12)3/h9-11H,4-8H2,1-3H3/t10-/m0/s1. The maximum atomic E-state index is 3.41. The van der Waals surface area contributed by atoms with Crippen LogP contribution in [0.4, 0.5) is 0 Å². The lowest BCUT2D eigenvalue weighted by Gasteiger charge is -2.34. The number of nitrogens with one attached hydrogen (secondary N) is 1. The third-order valence-electron chi connectivity index (χ3n) is 2.63. The second-order valence-electron chi connectivity index (χ2n) is 4.27. The first-order chi connectivity index (χ1) is 5.70. The fourth-order valence-electron chi connectivity index (χ4n) is 1.64. The smallest absolute Gasteiger partial charge is 0.0192 e. The molecular weight excluding hydrogens is 148 g/mol. The van der Waals surface area contributed by atoms with E-state index in [0.29, 0.717) is 0 Å². The molecule has 0 radical (unpaired) electrons. The van der Waals surface area contributed by atoms with Crippen LogP contribution < -0.4 is 5.32 Å². The minimum absolute atomic E-state index is 0.734. The Hall–Kier alpha value is -0.0800. The van der Waals surface area contributed by atoms with Gasteiger partial charge in [0.2, 0.25) is 0 Å². The fourth-order valence-corrected chi connectivity index (χ4v) is 1.64. The predicted octanol–water partition coefficient (Wildman–Crippen LogP) is 1.33. The molecule has 0 aromatic carbocycles.